The van der Waals surface area contributed by atoms with Crippen LogP contribution in [0.4, 0.5) is 4.79 Å². The Bertz CT molecular complexity index is 546. The summed E-state index contributed by atoms with van der Waals surface area (Å²) in [5.74, 6) is 0.808. The molecule has 2 amide bonds. The molecule has 2 rings (SSSR count). The number of amides is 2. The number of urea groups is 1. The van der Waals surface area contributed by atoms with E-state index in [1.54, 1.807) is 24.3 Å². The molecule has 0 saturated heterocycles. The number of para-hydroxylation sites is 1. The van der Waals surface area contributed by atoms with Gasteiger partial charge < -0.3 is 15.0 Å². The maximum absolute atomic E-state index is 11.9. The molecular formula is C16H19N3O2. The van der Waals surface area contributed by atoms with Crippen LogP contribution in [0.2, 0.25) is 0 Å². The van der Waals surface area contributed by atoms with Crippen molar-refractivity contribution in [3.05, 3.63) is 60.4 Å². The van der Waals surface area contributed by atoms with Crippen LogP contribution >= 0.6 is 0 Å². The van der Waals surface area contributed by atoms with Crippen molar-refractivity contribution in [2.75, 3.05) is 20.2 Å². The van der Waals surface area contributed by atoms with Gasteiger partial charge in [-0.1, -0.05) is 18.2 Å². The highest BCUT2D eigenvalue weighted by atomic mass is 16.5. The number of nitrogens with zero attached hydrogens (tertiary/aromatic N) is 2. The molecule has 0 saturated carbocycles. The van der Waals surface area contributed by atoms with Gasteiger partial charge in [-0.15, -0.1) is 0 Å². The molecule has 1 N–H and O–H groups in total. The Morgan fingerprint density at radius 1 is 1.19 bits per heavy atom. The average molecular weight is 285 g/mol. The largest absolute Gasteiger partial charge is 0.492 e. The number of carbonyl (C=O) groups excluding carboxylic acids is 1. The standard InChI is InChI=1S/C16H19N3O2/c1-19(11-12-21-15-5-3-2-4-6-15)16(20)18-13-14-7-9-17-10-8-14/h2-10H,11-13H2,1H3,(H,18,20). The topological polar surface area (TPSA) is 54.5 Å². The van der Waals surface area contributed by atoms with Crippen molar-refractivity contribution < 1.29 is 9.53 Å². The molecule has 1 aromatic carbocycles. The first-order valence-electron chi connectivity index (χ1n) is 6.81. The van der Waals surface area contributed by atoms with E-state index in [0.29, 0.717) is 19.7 Å². The van der Waals surface area contributed by atoms with Gasteiger partial charge in [-0.05, 0) is 29.8 Å². The summed E-state index contributed by atoms with van der Waals surface area (Å²) < 4.78 is 5.56. The number of ether oxygens (including phenoxy) is 1. The van der Waals surface area contributed by atoms with Gasteiger partial charge in [0, 0.05) is 26.0 Å². The number of likely N-dealkylation sites (N-methyl/N-ethyl adjacent to an activating group) is 1. The quantitative estimate of drug-likeness (QED) is 0.886. The molecule has 0 aliphatic rings. The lowest BCUT2D eigenvalue weighted by Gasteiger charge is -2.18. The number of rotatable bonds is 6. The fourth-order valence-electron chi connectivity index (χ4n) is 1.73. The van der Waals surface area contributed by atoms with Gasteiger partial charge in [0.2, 0.25) is 0 Å². The van der Waals surface area contributed by atoms with Crippen LogP contribution in [0.5, 0.6) is 5.75 Å². The Morgan fingerprint density at radius 3 is 2.62 bits per heavy atom. The van der Waals surface area contributed by atoms with E-state index in [1.807, 2.05) is 42.5 Å². The van der Waals surface area contributed by atoms with Crippen LogP contribution in [0.3, 0.4) is 0 Å². The molecule has 0 bridgehead atoms. The van der Waals surface area contributed by atoms with Crippen molar-refractivity contribution in [2.24, 2.45) is 0 Å². The third kappa shape index (κ3) is 5.14. The van der Waals surface area contributed by atoms with Crippen LogP contribution in [0.1, 0.15) is 5.56 Å². The second-order valence-corrected chi connectivity index (χ2v) is 4.60. The lowest BCUT2D eigenvalue weighted by Crippen LogP contribution is -2.39. The van der Waals surface area contributed by atoms with Gasteiger partial charge in [-0.2, -0.15) is 0 Å². The van der Waals surface area contributed by atoms with E-state index < -0.39 is 0 Å². The van der Waals surface area contributed by atoms with Crippen LogP contribution in [0, 0.1) is 0 Å². The number of aromatic nitrogens is 1. The highest BCUT2D eigenvalue weighted by Gasteiger charge is 2.07. The van der Waals surface area contributed by atoms with Crippen molar-refractivity contribution >= 4 is 6.03 Å². The maximum Gasteiger partial charge on any atom is 0.317 e. The fraction of sp³-hybridized carbons (Fsp3) is 0.250. The number of pyridine rings is 1. The predicted octanol–water partition coefficient (Wildman–Crippen LogP) is 2.30. The summed E-state index contributed by atoms with van der Waals surface area (Å²) in [6, 6.07) is 13.2. The van der Waals surface area contributed by atoms with Crippen LogP contribution in [-0.2, 0) is 6.54 Å². The van der Waals surface area contributed by atoms with Gasteiger partial charge in [0.15, 0.2) is 0 Å². The van der Waals surface area contributed by atoms with E-state index in [4.69, 9.17) is 4.74 Å². The number of hydrogen-bond donors (Lipinski definition) is 1. The second-order valence-electron chi connectivity index (χ2n) is 4.60. The molecule has 0 fully saturated rings. The maximum atomic E-state index is 11.9. The van der Waals surface area contributed by atoms with E-state index in [-0.39, 0.29) is 6.03 Å². The predicted molar refractivity (Wildman–Crippen MR) is 81.0 cm³/mol. The summed E-state index contributed by atoms with van der Waals surface area (Å²) in [6.07, 6.45) is 3.41. The minimum absolute atomic E-state index is 0.122. The molecule has 5 nitrogen and oxygen atoms in total. The van der Waals surface area contributed by atoms with Gasteiger partial charge >= 0.3 is 6.03 Å². The number of carbonyl (C=O) groups is 1. The highest BCUT2D eigenvalue weighted by Crippen LogP contribution is 2.07. The molecule has 0 aliphatic heterocycles. The van der Waals surface area contributed by atoms with Crippen molar-refractivity contribution in [1.82, 2.24) is 15.2 Å². The molecule has 110 valence electrons. The van der Waals surface area contributed by atoms with Crippen LogP contribution in [-0.4, -0.2) is 36.1 Å². The molecule has 1 aromatic heterocycles. The number of nitrogens with one attached hydrogen (secondary N) is 1. The molecule has 0 spiro atoms. The van der Waals surface area contributed by atoms with E-state index in [1.165, 1.54) is 0 Å². The zero-order valence-electron chi connectivity index (χ0n) is 12.0. The average Bonchev–Trinajstić information content (AvgIpc) is 2.54. The number of hydrogen-bond acceptors (Lipinski definition) is 3. The van der Waals surface area contributed by atoms with E-state index in [2.05, 4.69) is 10.3 Å². The summed E-state index contributed by atoms with van der Waals surface area (Å²) in [6.45, 7) is 1.48. The lowest BCUT2D eigenvalue weighted by atomic mass is 10.3. The molecule has 0 unspecified atom stereocenters. The molecule has 0 aliphatic carbocycles. The summed E-state index contributed by atoms with van der Waals surface area (Å²) in [5.41, 5.74) is 1.02. The molecule has 21 heavy (non-hydrogen) atoms. The molecule has 5 heteroatoms. The van der Waals surface area contributed by atoms with E-state index in [0.717, 1.165) is 11.3 Å². The Kier molecular flexibility index (Phi) is 5.58. The Morgan fingerprint density at radius 2 is 1.90 bits per heavy atom. The summed E-state index contributed by atoms with van der Waals surface area (Å²) in [5, 5.41) is 2.85. The lowest BCUT2D eigenvalue weighted by molar-refractivity contribution is 0.195. The van der Waals surface area contributed by atoms with Gasteiger partial charge in [0.05, 0.1) is 6.54 Å². The van der Waals surface area contributed by atoms with Crippen LogP contribution in [0.25, 0.3) is 0 Å². The first-order valence-corrected chi connectivity index (χ1v) is 6.81. The third-order valence-electron chi connectivity index (χ3n) is 2.98. The monoisotopic (exact) mass is 285 g/mol. The zero-order chi connectivity index (χ0) is 14.9. The van der Waals surface area contributed by atoms with Crippen molar-refractivity contribution in [2.45, 2.75) is 6.54 Å². The molecular weight excluding hydrogens is 266 g/mol. The minimum atomic E-state index is -0.122. The minimum Gasteiger partial charge on any atom is -0.492 e. The Labute approximate surface area is 124 Å². The normalized spacial score (nSPS) is 9.95. The summed E-state index contributed by atoms with van der Waals surface area (Å²) >= 11 is 0. The van der Waals surface area contributed by atoms with E-state index >= 15 is 0 Å². The third-order valence-corrected chi connectivity index (χ3v) is 2.98. The first-order chi connectivity index (χ1) is 10.3. The first kappa shape index (κ1) is 14.8. The molecule has 2 aromatic rings. The highest BCUT2D eigenvalue weighted by molar-refractivity contribution is 5.73. The number of benzene rings is 1. The van der Waals surface area contributed by atoms with Gasteiger partial charge in [0.25, 0.3) is 0 Å². The molecule has 0 atom stereocenters. The fourth-order valence-corrected chi connectivity index (χ4v) is 1.73. The van der Waals surface area contributed by atoms with Gasteiger partial charge in [0.1, 0.15) is 12.4 Å². The van der Waals surface area contributed by atoms with Crippen LogP contribution in [0.15, 0.2) is 54.9 Å². The summed E-state index contributed by atoms with van der Waals surface area (Å²) in [7, 11) is 1.75. The summed E-state index contributed by atoms with van der Waals surface area (Å²) in [4.78, 5) is 17.4. The van der Waals surface area contributed by atoms with Crippen molar-refractivity contribution in [3.8, 4) is 5.75 Å². The second kappa shape index (κ2) is 7.89. The van der Waals surface area contributed by atoms with E-state index in [9.17, 15) is 4.79 Å². The Balaban J connectivity index is 1.68. The SMILES string of the molecule is CN(CCOc1ccccc1)C(=O)NCc1ccncc1. The van der Waals surface area contributed by atoms with Gasteiger partial charge in [-0.3, -0.25) is 4.98 Å². The zero-order valence-corrected chi connectivity index (χ0v) is 12.0. The molecule has 1 heterocycles. The molecule has 0 radical (unpaired) electrons. The smallest absolute Gasteiger partial charge is 0.317 e. The van der Waals surface area contributed by atoms with Gasteiger partial charge in [-0.25, -0.2) is 4.79 Å². The van der Waals surface area contributed by atoms with Crippen molar-refractivity contribution in [1.29, 1.82) is 0 Å². The van der Waals surface area contributed by atoms with Crippen LogP contribution < -0.4 is 10.1 Å². The van der Waals surface area contributed by atoms with Crippen molar-refractivity contribution in [3.63, 3.8) is 0 Å². The Hall–Kier alpha value is -2.56.